The molecule has 3 aromatic carbocycles. The molecule has 0 unspecified atom stereocenters. The Morgan fingerprint density at radius 3 is 2.65 bits per heavy atom. The van der Waals surface area contributed by atoms with E-state index in [2.05, 4.69) is 41.7 Å². The zero-order valence-corrected chi connectivity index (χ0v) is 14.1. The van der Waals surface area contributed by atoms with Crippen molar-refractivity contribution in [3.63, 3.8) is 0 Å². The van der Waals surface area contributed by atoms with E-state index in [4.69, 9.17) is 0 Å². The van der Waals surface area contributed by atoms with Gasteiger partial charge in [-0.2, -0.15) is 0 Å². The fourth-order valence-electron chi connectivity index (χ4n) is 4.56. The zero-order valence-electron chi connectivity index (χ0n) is 14.1. The van der Waals surface area contributed by atoms with E-state index >= 15 is 0 Å². The van der Waals surface area contributed by atoms with Gasteiger partial charge < -0.3 is 5.32 Å². The molecule has 128 valence electrons. The third kappa shape index (κ3) is 2.15. The molecule has 26 heavy (non-hydrogen) atoms. The van der Waals surface area contributed by atoms with Crippen molar-refractivity contribution in [1.29, 1.82) is 0 Å². The fraction of sp³-hybridized carbons (Fsp3) is 0.182. The molecule has 1 heterocycles. The van der Waals surface area contributed by atoms with E-state index in [1.807, 2.05) is 24.3 Å². The third-order valence-electron chi connectivity index (χ3n) is 5.73. The van der Waals surface area contributed by atoms with Crippen molar-refractivity contribution in [3.05, 3.63) is 94.1 Å². The normalized spacial score (nSPS) is 23.3. The van der Waals surface area contributed by atoms with Crippen molar-refractivity contribution in [1.82, 2.24) is 0 Å². The van der Waals surface area contributed by atoms with E-state index in [0.717, 1.165) is 17.7 Å². The summed E-state index contributed by atoms with van der Waals surface area (Å²) in [5, 5.41) is 17.6. The topological polar surface area (TPSA) is 55.2 Å². The molecular weight excluding hydrogens is 324 g/mol. The average Bonchev–Trinajstić information content (AvgIpc) is 3.17. The average molecular weight is 342 g/mol. The van der Waals surface area contributed by atoms with Crippen LogP contribution in [-0.4, -0.2) is 4.92 Å². The highest BCUT2D eigenvalue weighted by molar-refractivity contribution is 5.96. The van der Waals surface area contributed by atoms with Crippen LogP contribution < -0.4 is 5.32 Å². The summed E-state index contributed by atoms with van der Waals surface area (Å²) in [7, 11) is 0. The molecule has 0 amide bonds. The van der Waals surface area contributed by atoms with Gasteiger partial charge >= 0.3 is 0 Å². The summed E-state index contributed by atoms with van der Waals surface area (Å²) in [4.78, 5) is 11.3. The van der Waals surface area contributed by atoms with Crippen LogP contribution >= 0.6 is 0 Å². The maximum absolute atomic E-state index is 11.6. The monoisotopic (exact) mass is 342 g/mol. The summed E-state index contributed by atoms with van der Waals surface area (Å²) < 4.78 is 0. The molecule has 3 atom stereocenters. The highest BCUT2D eigenvalue weighted by Crippen LogP contribution is 2.52. The molecule has 0 bridgehead atoms. The second-order valence-electron chi connectivity index (χ2n) is 7.04. The second-order valence-corrected chi connectivity index (χ2v) is 7.04. The first kappa shape index (κ1) is 15.1. The van der Waals surface area contributed by atoms with Gasteiger partial charge in [0.1, 0.15) is 0 Å². The Labute approximate surface area is 151 Å². The summed E-state index contributed by atoms with van der Waals surface area (Å²) in [6.07, 6.45) is 5.41. The van der Waals surface area contributed by atoms with Crippen LogP contribution in [0, 0.1) is 16.0 Å². The van der Waals surface area contributed by atoms with Crippen molar-refractivity contribution in [2.24, 2.45) is 5.92 Å². The predicted molar refractivity (Wildman–Crippen MR) is 103 cm³/mol. The van der Waals surface area contributed by atoms with Gasteiger partial charge in [-0.05, 0) is 23.3 Å². The Bertz CT molecular complexity index is 1060. The summed E-state index contributed by atoms with van der Waals surface area (Å²) in [6.45, 7) is 0. The molecule has 3 aromatic rings. The highest BCUT2D eigenvalue weighted by atomic mass is 16.6. The summed E-state index contributed by atoms with van der Waals surface area (Å²) in [6, 6.07) is 19.7. The van der Waals surface area contributed by atoms with E-state index in [9.17, 15) is 10.1 Å². The van der Waals surface area contributed by atoms with Gasteiger partial charge in [-0.1, -0.05) is 66.7 Å². The number of nitro benzene ring substituents is 1. The Morgan fingerprint density at radius 2 is 1.77 bits per heavy atom. The number of fused-ring (bicyclic) bond motifs is 5. The van der Waals surface area contributed by atoms with E-state index in [1.165, 1.54) is 16.3 Å². The Morgan fingerprint density at radius 1 is 0.962 bits per heavy atom. The molecule has 0 saturated carbocycles. The molecule has 5 rings (SSSR count). The first-order valence-corrected chi connectivity index (χ1v) is 8.92. The van der Waals surface area contributed by atoms with Gasteiger partial charge in [-0.25, -0.2) is 0 Å². The molecule has 1 N–H and O–H groups in total. The van der Waals surface area contributed by atoms with Crippen LogP contribution in [0.5, 0.6) is 0 Å². The lowest BCUT2D eigenvalue weighted by Gasteiger charge is -2.37. The minimum atomic E-state index is -0.271. The van der Waals surface area contributed by atoms with Crippen molar-refractivity contribution >= 4 is 22.1 Å². The van der Waals surface area contributed by atoms with E-state index in [0.29, 0.717) is 11.8 Å². The van der Waals surface area contributed by atoms with Gasteiger partial charge in [0.15, 0.2) is 0 Å². The number of allylic oxidation sites excluding steroid dienone is 2. The summed E-state index contributed by atoms with van der Waals surface area (Å²) >= 11 is 0. The van der Waals surface area contributed by atoms with Crippen LogP contribution in [-0.2, 0) is 0 Å². The van der Waals surface area contributed by atoms with Gasteiger partial charge in [0, 0.05) is 23.1 Å². The Balaban J connectivity index is 1.72. The van der Waals surface area contributed by atoms with Crippen LogP contribution in [0.25, 0.3) is 10.8 Å². The van der Waals surface area contributed by atoms with Crippen molar-refractivity contribution in [2.45, 2.75) is 18.4 Å². The van der Waals surface area contributed by atoms with Crippen LogP contribution in [0.15, 0.2) is 72.8 Å². The number of rotatable bonds is 2. The van der Waals surface area contributed by atoms with Crippen molar-refractivity contribution < 1.29 is 4.92 Å². The lowest BCUT2D eigenvalue weighted by atomic mass is 9.76. The smallest absolute Gasteiger partial charge is 0.274 e. The molecule has 0 saturated heterocycles. The third-order valence-corrected chi connectivity index (χ3v) is 5.73. The zero-order chi connectivity index (χ0) is 17.7. The summed E-state index contributed by atoms with van der Waals surface area (Å²) in [5.74, 6) is 0.588. The molecule has 4 nitrogen and oxygen atoms in total. The number of anilines is 1. The molecule has 1 aliphatic carbocycles. The molecule has 1 aliphatic heterocycles. The maximum Gasteiger partial charge on any atom is 0.274 e. The van der Waals surface area contributed by atoms with Gasteiger partial charge in [0.25, 0.3) is 5.69 Å². The minimum absolute atomic E-state index is 0.0742. The van der Waals surface area contributed by atoms with Crippen LogP contribution in [0.4, 0.5) is 11.4 Å². The van der Waals surface area contributed by atoms with Crippen LogP contribution in [0.1, 0.15) is 29.5 Å². The van der Waals surface area contributed by atoms with Gasteiger partial charge in [-0.3, -0.25) is 10.1 Å². The quantitative estimate of drug-likeness (QED) is 0.376. The highest BCUT2D eigenvalue weighted by Gasteiger charge is 2.40. The van der Waals surface area contributed by atoms with Crippen molar-refractivity contribution in [3.8, 4) is 0 Å². The molecule has 0 aromatic heterocycles. The van der Waals surface area contributed by atoms with Gasteiger partial charge in [0.05, 0.1) is 16.5 Å². The lowest BCUT2D eigenvalue weighted by Crippen LogP contribution is -2.29. The molecule has 0 spiro atoms. The molecule has 2 aliphatic rings. The number of nitrogens with one attached hydrogen (secondary N) is 1. The number of hydrogen-bond donors (Lipinski definition) is 1. The van der Waals surface area contributed by atoms with Crippen LogP contribution in [0.2, 0.25) is 0 Å². The number of para-hydroxylation sites is 1. The van der Waals surface area contributed by atoms with E-state index in [1.54, 1.807) is 12.1 Å². The number of benzene rings is 3. The Kier molecular flexibility index (Phi) is 3.32. The fourth-order valence-corrected chi connectivity index (χ4v) is 4.56. The molecule has 4 heteroatoms. The van der Waals surface area contributed by atoms with Gasteiger partial charge in [0.2, 0.25) is 0 Å². The second kappa shape index (κ2) is 5.70. The number of nitrogens with zero attached hydrogens (tertiary/aromatic N) is 1. The van der Waals surface area contributed by atoms with E-state index < -0.39 is 0 Å². The minimum Gasteiger partial charge on any atom is -0.377 e. The summed E-state index contributed by atoms with van der Waals surface area (Å²) in [5.41, 5.74) is 3.37. The molecule has 0 radical (unpaired) electrons. The first-order chi connectivity index (χ1) is 12.7. The largest absolute Gasteiger partial charge is 0.377 e. The molecular formula is C22H18N2O2. The predicted octanol–water partition coefficient (Wildman–Crippen LogP) is 5.57. The SMILES string of the molecule is O=[N+]([O-])c1ccccc1[C@@H]1Nc2c(ccc3ccccc23)[C@H]2C=CC[C@@H]21. The standard InChI is InChI=1S/C22H18N2O2/c25-24(26)20-11-4-3-8-19(20)22-17-10-5-9-16(17)18-13-12-14-6-1-2-7-15(14)21(18)23-22/h1-9,11-13,16-17,22-23H,10H2/t16-,17-,22+/m0/s1. The van der Waals surface area contributed by atoms with Crippen molar-refractivity contribution in [2.75, 3.05) is 5.32 Å². The molecule has 0 fully saturated rings. The lowest BCUT2D eigenvalue weighted by molar-refractivity contribution is -0.385. The van der Waals surface area contributed by atoms with E-state index in [-0.39, 0.29) is 16.7 Å². The Hall–Kier alpha value is -3.14. The first-order valence-electron chi connectivity index (χ1n) is 8.92. The number of hydrogen-bond acceptors (Lipinski definition) is 3. The van der Waals surface area contributed by atoms with Crippen LogP contribution in [0.3, 0.4) is 0 Å². The van der Waals surface area contributed by atoms with Gasteiger partial charge in [-0.15, -0.1) is 0 Å². The maximum atomic E-state index is 11.6. The number of nitro groups is 1.